The number of benzene rings is 1. The Morgan fingerprint density at radius 3 is 2.81 bits per heavy atom. The maximum absolute atomic E-state index is 12.4. The smallest absolute Gasteiger partial charge is 0.254 e. The van der Waals surface area contributed by atoms with Gasteiger partial charge in [-0.15, -0.1) is 0 Å². The van der Waals surface area contributed by atoms with Crippen LogP contribution in [0, 0.1) is 0 Å². The van der Waals surface area contributed by atoms with Crippen molar-refractivity contribution in [2.45, 2.75) is 13.5 Å². The lowest BCUT2D eigenvalue weighted by Gasteiger charge is -2.17. The molecule has 1 N–H and O–H groups in total. The third kappa shape index (κ3) is 3.53. The van der Waals surface area contributed by atoms with Crippen LogP contribution in [0.15, 0.2) is 30.6 Å². The van der Waals surface area contributed by atoms with Gasteiger partial charge in [0, 0.05) is 25.0 Å². The largest absolute Gasteiger partial charge is 0.493 e. The van der Waals surface area contributed by atoms with Gasteiger partial charge in [0.1, 0.15) is 5.82 Å². The number of aromatic nitrogens is 2. The number of hydrogen-bond donors (Lipinski definition) is 1. The van der Waals surface area contributed by atoms with Crippen LogP contribution in [0.5, 0.6) is 11.5 Å². The second-order valence-electron chi connectivity index (χ2n) is 4.50. The van der Waals surface area contributed by atoms with Gasteiger partial charge in [0.15, 0.2) is 11.5 Å². The zero-order valence-electron chi connectivity index (χ0n) is 12.4. The Morgan fingerprint density at radius 2 is 2.19 bits per heavy atom. The molecule has 6 heteroatoms. The van der Waals surface area contributed by atoms with Crippen LogP contribution in [0.25, 0.3) is 0 Å². The lowest BCUT2D eigenvalue weighted by Crippen LogP contribution is -2.26. The fourth-order valence-electron chi connectivity index (χ4n) is 1.98. The number of amides is 1. The van der Waals surface area contributed by atoms with Gasteiger partial charge in [-0.05, 0) is 25.1 Å². The van der Waals surface area contributed by atoms with E-state index >= 15 is 0 Å². The molecular weight excluding hydrogens is 270 g/mol. The van der Waals surface area contributed by atoms with Crippen LogP contribution in [0.4, 0.5) is 0 Å². The van der Waals surface area contributed by atoms with Crippen molar-refractivity contribution < 1.29 is 14.3 Å². The van der Waals surface area contributed by atoms with E-state index in [4.69, 9.17) is 9.47 Å². The van der Waals surface area contributed by atoms with Crippen LogP contribution in [0.1, 0.15) is 23.1 Å². The molecule has 0 saturated carbocycles. The highest BCUT2D eigenvalue weighted by Crippen LogP contribution is 2.28. The Labute approximate surface area is 123 Å². The number of imidazole rings is 1. The highest BCUT2D eigenvalue weighted by Gasteiger charge is 2.15. The molecule has 1 aromatic heterocycles. The molecule has 0 radical (unpaired) electrons. The molecular formula is C15H19N3O3. The third-order valence-corrected chi connectivity index (χ3v) is 3.00. The monoisotopic (exact) mass is 289 g/mol. The maximum atomic E-state index is 12.4. The second-order valence-corrected chi connectivity index (χ2v) is 4.50. The molecule has 2 aromatic rings. The number of hydrogen-bond acceptors (Lipinski definition) is 4. The molecule has 1 aromatic carbocycles. The molecule has 0 spiro atoms. The van der Waals surface area contributed by atoms with Crippen LogP contribution >= 0.6 is 0 Å². The molecule has 1 heterocycles. The molecule has 0 aliphatic heterocycles. The number of carbonyl (C=O) groups excluding carboxylic acids is 1. The highest BCUT2D eigenvalue weighted by atomic mass is 16.5. The Hall–Kier alpha value is -2.50. The Balaban J connectivity index is 2.16. The lowest BCUT2D eigenvalue weighted by molar-refractivity contribution is 0.0781. The van der Waals surface area contributed by atoms with Crippen molar-refractivity contribution in [1.82, 2.24) is 14.9 Å². The first kappa shape index (κ1) is 14.9. The SMILES string of the molecule is CCOc1cc(C(=O)N(C)Cc2ncc[nH]2)ccc1OC. The number of ether oxygens (including phenoxy) is 2. The molecule has 21 heavy (non-hydrogen) atoms. The number of carbonyl (C=O) groups is 1. The first-order valence-electron chi connectivity index (χ1n) is 6.70. The Kier molecular flexibility index (Phi) is 4.81. The molecule has 0 aliphatic rings. The van der Waals surface area contributed by atoms with Crippen LogP contribution in [0.2, 0.25) is 0 Å². The fourth-order valence-corrected chi connectivity index (χ4v) is 1.98. The van der Waals surface area contributed by atoms with Crippen molar-refractivity contribution in [3.63, 3.8) is 0 Å². The average molecular weight is 289 g/mol. The van der Waals surface area contributed by atoms with Crippen molar-refractivity contribution in [3.05, 3.63) is 42.0 Å². The Bertz CT molecular complexity index is 596. The normalized spacial score (nSPS) is 10.2. The maximum Gasteiger partial charge on any atom is 0.254 e. The average Bonchev–Trinajstić information content (AvgIpc) is 2.99. The van der Waals surface area contributed by atoms with Crippen molar-refractivity contribution in [3.8, 4) is 11.5 Å². The van der Waals surface area contributed by atoms with E-state index in [1.165, 1.54) is 0 Å². The predicted octanol–water partition coefficient (Wildman–Crippen LogP) is 2.09. The minimum Gasteiger partial charge on any atom is -0.493 e. The van der Waals surface area contributed by atoms with E-state index in [9.17, 15) is 4.79 Å². The summed E-state index contributed by atoms with van der Waals surface area (Å²) in [5.41, 5.74) is 0.549. The van der Waals surface area contributed by atoms with Gasteiger partial charge in [-0.25, -0.2) is 4.98 Å². The summed E-state index contributed by atoms with van der Waals surface area (Å²) in [5.74, 6) is 1.82. The third-order valence-electron chi connectivity index (χ3n) is 3.00. The number of aromatic amines is 1. The molecule has 0 saturated heterocycles. The lowest BCUT2D eigenvalue weighted by atomic mass is 10.1. The van der Waals surface area contributed by atoms with Gasteiger partial charge in [-0.2, -0.15) is 0 Å². The summed E-state index contributed by atoms with van der Waals surface area (Å²) in [4.78, 5) is 21.1. The molecule has 0 aliphatic carbocycles. The highest BCUT2D eigenvalue weighted by molar-refractivity contribution is 5.94. The van der Waals surface area contributed by atoms with Crippen molar-refractivity contribution in [1.29, 1.82) is 0 Å². The number of H-pyrrole nitrogens is 1. The van der Waals surface area contributed by atoms with Crippen LogP contribution in [-0.4, -0.2) is 41.5 Å². The van der Waals surface area contributed by atoms with Crippen LogP contribution in [-0.2, 0) is 6.54 Å². The van der Waals surface area contributed by atoms with E-state index in [-0.39, 0.29) is 5.91 Å². The van der Waals surface area contributed by atoms with Crippen molar-refractivity contribution >= 4 is 5.91 Å². The molecule has 2 rings (SSSR count). The van der Waals surface area contributed by atoms with E-state index in [0.717, 1.165) is 5.82 Å². The van der Waals surface area contributed by atoms with E-state index in [0.29, 0.717) is 30.2 Å². The second kappa shape index (κ2) is 6.78. The number of rotatable bonds is 6. The zero-order chi connectivity index (χ0) is 15.2. The van der Waals surface area contributed by atoms with Crippen molar-refractivity contribution in [2.24, 2.45) is 0 Å². The predicted molar refractivity (Wildman–Crippen MR) is 78.5 cm³/mol. The molecule has 0 bridgehead atoms. The quantitative estimate of drug-likeness (QED) is 0.884. The number of nitrogens with one attached hydrogen (secondary N) is 1. The molecule has 0 fully saturated rings. The summed E-state index contributed by atoms with van der Waals surface area (Å²) in [6.45, 7) is 2.81. The summed E-state index contributed by atoms with van der Waals surface area (Å²) >= 11 is 0. The minimum atomic E-state index is -0.102. The molecule has 1 amide bonds. The van der Waals surface area contributed by atoms with E-state index in [2.05, 4.69) is 9.97 Å². The van der Waals surface area contributed by atoms with Gasteiger partial charge in [0.05, 0.1) is 20.3 Å². The first-order valence-corrected chi connectivity index (χ1v) is 6.70. The molecule has 0 atom stereocenters. The standard InChI is InChI=1S/C15H19N3O3/c1-4-21-13-9-11(5-6-12(13)20-3)15(19)18(2)10-14-16-7-8-17-14/h5-9H,4,10H2,1-3H3,(H,16,17). The Morgan fingerprint density at radius 1 is 1.38 bits per heavy atom. The topological polar surface area (TPSA) is 67.5 Å². The minimum absolute atomic E-state index is 0.102. The van der Waals surface area contributed by atoms with Gasteiger partial charge < -0.3 is 19.4 Å². The van der Waals surface area contributed by atoms with E-state index < -0.39 is 0 Å². The first-order chi connectivity index (χ1) is 10.2. The number of methoxy groups -OCH3 is 1. The zero-order valence-corrected chi connectivity index (χ0v) is 12.4. The van der Waals surface area contributed by atoms with E-state index in [1.54, 1.807) is 49.7 Å². The van der Waals surface area contributed by atoms with Gasteiger partial charge in [0.25, 0.3) is 5.91 Å². The summed E-state index contributed by atoms with van der Waals surface area (Å²) in [7, 11) is 3.30. The van der Waals surface area contributed by atoms with Crippen LogP contribution in [0.3, 0.4) is 0 Å². The van der Waals surface area contributed by atoms with E-state index in [1.807, 2.05) is 6.92 Å². The molecule has 6 nitrogen and oxygen atoms in total. The van der Waals surface area contributed by atoms with Gasteiger partial charge >= 0.3 is 0 Å². The van der Waals surface area contributed by atoms with Gasteiger partial charge in [-0.3, -0.25) is 4.79 Å². The molecule has 112 valence electrons. The van der Waals surface area contributed by atoms with Crippen molar-refractivity contribution in [2.75, 3.05) is 20.8 Å². The molecule has 0 unspecified atom stereocenters. The summed E-state index contributed by atoms with van der Waals surface area (Å²) < 4.78 is 10.7. The van der Waals surface area contributed by atoms with Gasteiger partial charge in [-0.1, -0.05) is 0 Å². The summed E-state index contributed by atoms with van der Waals surface area (Å²) in [6, 6.07) is 5.16. The summed E-state index contributed by atoms with van der Waals surface area (Å²) in [6.07, 6.45) is 3.39. The van der Waals surface area contributed by atoms with Gasteiger partial charge in [0.2, 0.25) is 0 Å². The summed E-state index contributed by atoms with van der Waals surface area (Å²) in [5, 5.41) is 0. The number of nitrogens with zero attached hydrogens (tertiary/aromatic N) is 2. The van der Waals surface area contributed by atoms with Crippen LogP contribution < -0.4 is 9.47 Å². The fraction of sp³-hybridized carbons (Fsp3) is 0.333.